The third-order valence-electron chi connectivity index (χ3n) is 2.88. The van der Waals surface area contributed by atoms with Crippen molar-refractivity contribution >= 4 is 23.6 Å². The minimum Gasteiger partial charge on any atom is -0.369 e. The minimum absolute atomic E-state index is 0.0682. The molecule has 2 heterocycles. The van der Waals surface area contributed by atoms with E-state index >= 15 is 0 Å². The van der Waals surface area contributed by atoms with Gasteiger partial charge in [-0.15, -0.1) is 11.8 Å². The zero-order valence-corrected chi connectivity index (χ0v) is 9.55. The van der Waals surface area contributed by atoms with E-state index in [0.717, 1.165) is 25.4 Å². The highest BCUT2D eigenvalue weighted by Crippen LogP contribution is 2.42. The molecule has 1 spiro atoms. The van der Waals surface area contributed by atoms with Crippen LogP contribution in [0.25, 0.3) is 0 Å². The molecule has 2 N–H and O–H groups in total. The van der Waals surface area contributed by atoms with E-state index in [4.69, 9.17) is 5.73 Å². The van der Waals surface area contributed by atoms with Crippen LogP contribution < -0.4 is 5.73 Å². The van der Waals surface area contributed by atoms with Crippen molar-refractivity contribution in [2.75, 3.05) is 31.9 Å². The Kier molecular flexibility index (Phi) is 2.64. The first-order chi connectivity index (χ1) is 7.03. The number of nitrogens with zero attached hydrogens (tertiary/aromatic N) is 2. The van der Waals surface area contributed by atoms with E-state index in [9.17, 15) is 9.59 Å². The van der Waals surface area contributed by atoms with Crippen LogP contribution in [0.5, 0.6) is 0 Å². The Hall–Kier alpha value is -0.750. The standard InChI is InChI=1S/C9H15N3O2S/c1-7(13)12-2-3-15-9(12)5-11(6-9)4-8(10)14/h2-6H2,1H3,(H2,10,14). The van der Waals surface area contributed by atoms with Gasteiger partial charge in [-0.2, -0.15) is 0 Å². The van der Waals surface area contributed by atoms with Crippen molar-refractivity contribution < 1.29 is 9.59 Å². The average Bonchev–Trinajstić information content (AvgIpc) is 2.46. The summed E-state index contributed by atoms with van der Waals surface area (Å²) in [5.74, 6) is 0.810. The lowest BCUT2D eigenvalue weighted by molar-refractivity contribution is -0.136. The fourth-order valence-electron chi connectivity index (χ4n) is 2.30. The molecule has 0 unspecified atom stereocenters. The van der Waals surface area contributed by atoms with E-state index in [1.54, 1.807) is 6.92 Å². The van der Waals surface area contributed by atoms with E-state index in [1.807, 2.05) is 21.6 Å². The first-order valence-corrected chi connectivity index (χ1v) is 5.95. The molecule has 0 saturated carbocycles. The van der Waals surface area contributed by atoms with Crippen molar-refractivity contribution in [3.8, 4) is 0 Å². The number of hydrogen-bond acceptors (Lipinski definition) is 4. The van der Waals surface area contributed by atoms with Gasteiger partial charge in [0.15, 0.2) is 0 Å². The molecule has 84 valence electrons. The van der Waals surface area contributed by atoms with Gasteiger partial charge in [0, 0.05) is 32.3 Å². The van der Waals surface area contributed by atoms with E-state index in [0.29, 0.717) is 6.54 Å². The maximum absolute atomic E-state index is 11.4. The second-order valence-electron chi connectivity index (χ2n) is 4.08. The lowest BCUT2D eigenvalue weighted by Crippen LogP contribution is -2.67. The predicted octanol–water partition coefficient (Wildman–Crippen LogP) is -0.921. The van der Waals surface area contributed by atoms with Crippen molar-refractivity contribution in [1.29, 1.82) is 0 Å². The number of hydrogen-bond donors (Lipinski definition) is 1. The largest absolute Gasteiger partial charge is 0.369 e. The first kappa shape index (κ1) is 10.8. The van der Waals surface area contributed by atoms with E-state index in [-0.39, 0.29) is 16.7 Å². The molecule has 2 rings (SSSR count). The summed E-state index contributed by atoms with van der Waals surface area (Å²) in [6, 6.07) is 0. The van der Waals surface area contributed by atoms with Crippen LogP contribution in [0, 0.1) is 0 Å². The highest BCUT2D eigenvalue weighted by atomic mass is 32.2. The van der Waals surface area contributed by atoms with Crippen LogP contribution in [0.3, 0.4) is 0 Å². The lowest BCUT2D eigenvalue weighted by Gasteiger charge is -2.51. The first-order valence-electron chi connectivity index (χ1n) is 4.96. The van der Waals surface area contributed by atoms with E-state index in [1.165, 1.54) is 0 Å². The molecule has 2 fully saturated rings. The van der Waals surface area contributed by atoms with Crippen LogP contribution in [0.4, 0.5) is 0 Å². The van der Waals surface area contributed by atoms with Crippen molar-refractivity contribution in [2.24, 2.45) is 5.73 Å². The highest BCUT2D eigenvalue weighted by Gasteiger charge is 2.52. The average molecular weight is 229 g/mol. The van der Waals surface area contributed by atoms with Gasteiger partial charge in [0.25, 0.3) is 0 Å². The van der Waals surface area contributed by atoms with Crippen LogP contribution in [-0.4, -0.2) is 58.4 Å². The lowest BCUT2D eigenvalue weighted by atomic mass is 10.1. The van der Waals surface area contributed by atoms with Crippen LogP contribution in [0.1, 0.15) is 6.92 Å². The van der Waals surface area contributed by atoms with Crippen molar-refractivity contribution in [3.63, 3.8) is 0 Å². The van der Waals surface area contributed by atoms with Gasteiger partial charge in [-0.3, -0.25) is 14.5 Å². The van der Waals surface area contributed by atoms with Gasteiger partial charge in [-0.05, 0) is 0 Å². The number of thioether (sulfide) groups is 1. The maximum Gasteiger partial charge on any atom is 0.231 e. The molecule has 5 nitrogen and oxygen atoms in total. The molecule has 15 heavy (non-hydrogen) atoms. The zero-order chi connectivity index (χ0) is 11.1. The SMILES string of the molecule is CC(=O)N1CCSC12CN(CC(N)=O)C2. The molecule has 2 aliphatic rings. The fourth-order valence-corrected chi connectivity index (χ4v) is 3.88. The summed E-state index contributed by atoms with van der Waals surface area (Å²) in [6.07, 6.45) is 0. The Morgan fingerprint density at radius 1 is 1.47 bits per heavy atom. The number of primary amides is 1. The van der Waals surface area contributed by atoms with Crippen molar-refractivity contribution in [3.05, 3.63) is 0 Å². The molecule has 0 aliphatic carbocycles. The van der Waals surface area contributed by atoms with Gasteiger partial charge >= 0.3 is 0 Å². The molecule has 0 radical (unpaired) electrons. The van der Waals surface area contributed by atoms with Crippen LogP contribution in [-0.2, 0) is 9.59 Å². The number of likely N-dealkylation sites (tertiary alicyclic amines) is 1. The molecule has 0 aromatic heterocycles. The number of nitrogens with two attached hydrogens (primary N) is 1. The Bertz CT molecular complexity index is 302. The Morgan fingerprint density at radius 2 is 2.13 bits per heavy atom. The van der Waals surface area contributed by atoms with Crippen LogP contribution >= 0.6 is 11.8 Å². The molecule has 2 amide bonds. The Balaban J connectivity index is 1.95. The van der Waals surface area contributed by atoms with E-state index in [2.05, 4.69) is 0 Å². The third kappa shape index (κ3) is 1.83. The molecule has 6 heteroatoms. The second kappa shape index (κ2) is 3.68. The summed E-state index contributed by atoms with van der Waals surface area (Å²) in [6.45, 7) is 4.25. The summed E-state index contributed by atoms with van der Waals surface area (Å²) < 4.78 is 0. The van der Waals surface area contributed by atoms with Gasteiger partial charge < -0.3 is 10.6 Å². The molecular formula is C9H15N3O2S. The second-order valence-corrected chi connectivity index (χ2v) is 5.53. The van der Waals surface area contributed by atoms with Gasteiger partial charge in [0.05, 0.1) is 6.54 Å². The number of amides is 2. The van der Waals surface area contributed by atoms with Crippen LogP contribution in [0.2, 0.25) is 0 Å². The van der Waals surface area contributed by atoms with Gasteiger partial charge in [0.1, 0.15) is 4.87 Å². The molecule has 0 bridgehead atoms. The molecule has 0 aromatic carbocycles. The number of rotatable bonds is 2. The Morgan fingerprint density at radius 3 is 2.67 bits per heavy atom. The third-order valence-corrected chi connectivity index (χ3v) is 4.28. The molecular weight excluding hydrogens is 214 g/mol. The molecule has 0 atom stereocenters. The quantitative estimate of drug-likeness (QED) is 0.665. The van der Waals surface area contributed by atoms with Gasteiger partial charge in [-0.25, -0.2) is 0 Å². The maximum atomic E-state index is 11.4. The van der Waals surface area contributed by atoms with Crippen LogP contribution in [0.15, 0.2) is 0 Å². The molecule has 2 aliphatic heterocycles. The minimum atomic E-state index is -0.303. The molecule has 0 aromatic rings. The topological polar surface area (TPSA) is 66.6 Å². The summed E-state index contributed by atoms with van der Waals surface area (Å²) in [7, 11) is 0. The van der Waals surface area contributed by atoms with Gasteiger partial charge in [0.2, 0.25) is 11.8 Å². The van der Waals surface area contributed by atoms with Crippen molar-refractivity contribution in [1.82, 2.24) is 9.80 Å². The fraction of sp³-hybridized carbons (Fsp3) is 0.778. The number of carbonyl (C=O) groups is 2. The summed E-state index contributed by atoms with van der Waals surface area (Å²) >= 11 is 1.81. The highest BCUT2D eigenvalue weighted by molar-refractivity contribution is 8.01. The smallest absolute Gasteiger partial charge is 0.231 e. The van der Waals surface area contributed by atoms with Gasteiger partial charge in [-0.1, -0.05) is 0 Å². The Labute approximate surface area is 93.0 Å². The zero-order valence-electron chi connectivity index (χ0n) is 8.73. The summed E-state index contributed by atoms with van der Waals surface area (Å²) in [4.78, 5) is 25.9. The van der Waals surface area contributed by atoms with E-state index < -0.39 is 0 Å². The normalized spacial score (nSPS) is 24.2. The van der Waals surface area contributed by atoms with Crippen molar-refractivity contribution in [2.45, 2.75) is 11.8 Å². The summed E-state index contributed by atoms with van der Waals surface area (Å²) in [5, 5.41) is 0. The number of carbonyl (C=O) groups excluding carboxylic acids is 2. The summed E-state index contributed by atoms with van der Waals surface area (Å²) in [5.41, 5.74) is 5.12. The monoisotopic (exact) mass is 229 g/mol. The molecule has 2 saturated heterocycles. The predicted molar refractivity (Wildman–Crippen MR) is 58.2 cm³/mol.